The summed E-state index contributed by atoms with van der Waals surface area (Å²) in [6.07, 6.45) is 0. The minimum Gasteiger partial charge on any atom is -0.496 e. The molecule has 1 amide bonds. The van der Waals surface area contributed by atoms with Crippen molar-refractivity contribution in [2.75, 3.05) is 12.4 Å². The largest absolute Gasteiger partial charge is 0.496 e. The number of anilines is 1. The van der Waals surface area contributed by atoms with Crippen molar-refractivity contribution in [3.63, 3.8) is 0 Å². The molecule has 0 atom stereocenters. The fourth-order valence-electron chi connectivity index (χ4n) is 3.29. The average molecular weight is 479 g/mol. The van der Waals surface area contributed by atoms with Gasteiger partial charge in [-0.3, -0.25) is 4.79 Å². The van der Waals surface area contributed by atoms with E-state index in [2.05, 4.69) is 59.1 Å². The first-order valence-electron chi connectivity index (χ1n) is 9.91. The number of nitrogens with zero attached hydrogens (tertiary/aromatic N) is 1. The van der Waals surface area contributed by atoms with Gasteiger partial charge in [0, 0.05) is 21.8 Å². The topological polar surface area (TPSA) is 64.4 Å². The predicted octanol–water partition coefficient (Wildman–Crippen LogP) is 6.82. The van der Waals surface area contributed by atoms with E-state index in [4.69, 9.17) is 9.15 Å². The smallest absolute Gasteiger partial charge is 0.259 e. The molecule has 4 rings (SSSR count). The summed E-state index contributed by atoms with van der Waals surface area (Å²) in [5.41, 5.74) is 4.64. The molecule has 158 valence electrons. The minimum atomic E-state index is -0.269. The van der Waals surface area contributed by atoms with Crippen LogP contribution in [0.4, 0.5) is 5.69 Å². The fraction of sp³-hybridized carbons (Fsp3) is 0.200. The highest BCUT2D eigenvalue weighted by atomic mass is 79.9. The zero-order valence-electron chi connectivity index (χ0n) is 17.8. The molecule has 1 heterocycles. The van der Waals surface area contributed by atoms with Gasteiger partial charge in [-0.2, -0.15) is 0 Å². The van der Waals surface area contributed by atoms with Crippen molar-refractivity contribution < 1.29 is 13.9 Å². The highest BCUT2D eigenvalue weighted by molar-refractivity contribution is 9.10. The number of rotatable bonds is 4. The molecule has 0 saturated carbocycles. The molecular formula is C25H23BrN2O3. The molecule has 3 aromatic carbocycles. The SMILES string of the molecule is COc1ccc(Br)cc1C(=O)Nc1ccc2nc(-c3ccc(C(C)(C)C)cc3)oc2c1. The van der Waals surface area contributed by atoms with E-state index in [1.165, 1.54) is 12.7 Å². The summed E-state index contributed by atoms with van der Waals surface area (Å²) < 4.78 is 12.1. The second kappa shape index (κ2) is 8.19. The highest BCUT2D eigenvalue weighted by Crippen LogP contribution is 2.30. The predicted molar refractivity (Wildman–Crippen MR) is 127 cm³/mol. The number of carbonyl (C=O) groups excluding carboxylic acids is 1. The Labute approximate surface area is 189 Å². The van der Waals surface area contributed by atoms with Gasteiger partial charge in [0.05, 0.1) is 12.7 Å². The highest BCUT2D eigenvalue weighted by Gasteiger charge is 2.16. The van der Waals surface area contributed by atoms with E-state index >= 15 is 0 Å². The van der Waals surface area contributed by atoms with Gasteiger partial charge in [0.15, 0.2) is 5.58 Å². The van der Waals surface area contributed by atoms with Crippen molar-refractivity contribution >= 4 is 38.6 Å². The van der Waals surface area contributed by atoms with Crippen molar-refractivity contribution in [2.24, 2.45) is 0 Å². The van der Waals surface area contributed by atoms with Crippen LogP contribution in [-0.4, -0.2) is 18.0 Å². The second-order valence-electron chi connectivity index (χ2n) is 8.33. The monoisotopic (exact) mass is 478 g/mol. The van der Waals surface area contributed by atoms with Crippen molar-refractivity contribution in [1.82, 2.24) is 4.98 Å². The van der Waals surface area contributed by atoms with Gasteiger partial charge in [-0.1, -0.05) is 48.8 Å². The number of ether oxygens (including phenoxy) is 1. The van der Waals surface area contributed by atoms with E-state index < -0.39 is 0 Å². The summed E-state index contributed by atoms with van der Waals surface area (Å²) in [6.45, 7) is 6.54. The number of nitrogens with one attached hydrogen (secondary N) is 1. The quantitative estimate of drug-likeness (QED) is 0.349. The summed E-state index contributed by atoms with van der Waals surface area (Å²) in [5, 5.41) is 2.90. The van der Waals surface area contributed by atoms with E-state index in [0.717, 1.165) is 15.6 Å². The molecule has 5 nitrogen and oxygen atoms in total. The normalized spacial score (nSPS) is 11.5. The third-order valence-electron chi connectivity index (χ3n) is 5.05. The van der Waals surface area contributed by atoms with Gasteiger partial charge in [-0.05, 0) is 53.4 Å². The van der Waals surface area contributed by atoms with E-state index in [1.807, 2.05) is 24.3 Å². The Morgan fingerprint density at radius 3 is 2.45 bits per heavy atom. The van der Waals surface area contributed by atoms with Crippen LogP contribution in [0.1, 0.15) is 36.7 Å². The average Bonchev–Trinajstić information content (AvgIpc) is 3.16. The van der Waals surface area contributed by atoms with Gasteiger partial charge in [0.2, 0.25) is 5.89 Å². The van der Waals surface area contributed by atoms with Gasteiger partial charge in [0.1, 0.15) is 11.3 Å². The molecular weight excluding hydrogens is 456 g/mol. The lowest BCUT2D eigenvalue weighted by atomic mass is 9.87. The summed E-state index contributed by atoms with van der Waals surface area (Å²) in [6, 6.07) is 18.9. The maximum atomic E-state index is 12.8. The first-order chi connectivity index (χ1) is 14.7. The van der Waals surface area contributed by atoms with E-state index in [-0.39, 0.29) is 11.3 Å². The van der Waals surface area contributed by atoms with Crippen LogP contribution in [0, 0.1) is 0 Å². The molecule has 0 spiro atoms. The number of fused-ring (bicyclic) bond motifs is 1. The lowest BCUT2D eigenvalue weighted by molar-refractivity contribution is 0.102. The standard InChI is InChI=1S/C25H23BrN2O3/c1-25(2,3)16-7-5-15(6-8-16)24-28-20-11-10-18(14-22(20)31-24)27-23(29)19-13-17(26)9-12-21(19)30-4/h5-14H,1-4H3,(H,27,29). The summed E-state index contributed by atoms with van der Waals surface area (Å²) in [4.78, 5) is 17.4. The van der Waals surface area contributed by atoms with Gasteiger partial charge < -0.3 is 14.5 Å². The molecule has 31 heavy (non-hydrogen) atoms. The van der Waals surface area contributed by atoms with Crippen molar-refractivity contribution in [3.8, 4) is 17.2 Å². The zero-order chi connectivity index (χ0) is 22.2. The number of oxazole rings is 1. The molecule has 0 aliphatic heterocycles. The van der Waals surface area contributed by atoms with Crippen LogP contribution in [0.5, 0.6) is 5.75 Å². The molecule has 0 aliphatic carbocycles. The fourth-order valence-corrected chi connectivity index (χ4v) is 3.66. The number of methoxy groups -OCH3 is 1. The number of carbonyl (C=O) groups is 1. The number of hydrogen-bond donors (Lipinski definition) is 1. The van der Waals surface area contributed by atoms with Crippen LogP contribution in [-0.2, 0) is 5.41 Å². The van der Waals surface area contributed by atoms with E-state index in [9.17, 15) is 4.79 Å². The maximum Gasteiger partial charge on any atom is 0.259 e. The van der Waals surface area contributed by atoms with Gasteiger partial charge in [-0.15, -0.1) is 0 Å². The molecule has 0 aliphatic rings. The Kier molecular flexibility index (Phi) is 5.58. The summed E-state index contributed by atoms with van der Waals surface area (Å²) >= 11 is 3.39. The molecule has 0 bridgehead atoms. The van der Waals surface area contributed by atoms with E-state index in [1.54, 1.807) is 24.3 Å². The third kappa shape index (κ3) is 4.49. The first-order valence-corrected chi connectivity index (χ1v) is 10.7. The van der Waals surface area contributed by atoms with Crippen LogP contribution in [0.15, 0.2) is 69.6 Å². The second-order valence-corrected chi connectivity index (χ2v) is 9.24. The van der Waals surface area contributed by atoms with Crippen LogP contribution in [0.3, 0.4) is 0 Å². The number of aromatic nitrogens is 1. The van der Waals surface area contributed by atoms with Crippen molar-refractivity contribution in [2.45, 2.75) is 26.2 Å². The molecule has 0 saturated heterocycles. The lowest BCUT2D eigenvalue weighted by Crippen LogP contribution is -2.13. The number of halogens is 1. The van der Waals surface area contributed by atoms with E-state index in [0.29, 0.717) is 28.5 Å². The summed E-state index contributed by atoms with van der Waals surface area (Å²) in [7, 11) is 1.54. The molecule has 4 aromatic rings. The Hall–Kier alpha value is -3.12. The minimum absolute atomic E-state index is 0.0873. The first kappa shape index (κ1) is 21.1. The van der Waals surface area contributed by atoms with Gasteiger partial charge in [0.25, 0.3) is 5.91 Å². The van der Waals surface area contributed by atoms with Crippen LogP contribution < -0.4 is 10.1 Å². The van der Waals surface area contributed by atoms with Crippen LogP contribution in [0.25, 0.3) is 22.6 Å². The van der Waals surface area contributed by atoms with Crippen molar-refractivity contribution in [1.29, 1.82) is 0 Å². The molecule has 0 radical (unpaired) electrons. The third-order valence-corrected chi connectivity index (χ3v) is 5.54. The Morgan fingerprint density at radius 1 is 1.03 bits per heavy atom. The molecule has 1 N–H and O–H groups in total. The number of benzene rings is 3. The number of amides is 1. The molecule has 6 heteroatoms. The van der Waals surface area contributed by atoms with Crippen molar-refractivity contribution in [3.05, 3.63) is 76.3 Å². The molecule has 0 fully saturated rings. The molecule has 1 aromatic heterocycles. The van der Waals surface area contributed by atoms with Gasteiger partial charge in [-0.25, -0.2) is 4.98 Å². The lowest BCUT2D eigenvalue weighted by Gasteiger charge is -2.18. The van der Waals surface area contributed by atoms with Gasteiger partial charge >= 0.3 is 0 Å². The summed E-state index contributed by atoms with van der Waals surface area (Å²) in [5.74, 6) is 0.782. The maximum absolute atomic E-state index is 12.8. The molecule has 0 unspecified atom stereocenters. The zero-order valence-corrected chi connectivity index (χ0v) is 19.4. The van der Waals surface area contributed by atoms with Crippen LogP contribution in [0.2, 0.25) is 0 Å². The Balaban J connectivity index is 1.59. The Bertz CT molecular complexity index is 1250. The Morgan fingerprint density at radius 2 is 1.77 bits per heavy atom. The van der Waals surface area contributed by atoms with Crippen LogP contribution >= 0.6 is 15.9 Å². The number of hydrogen-bond acceptors (Lipinski definition) is 4.